The van der Waals surface area contributed by atoms with Crippen LogP contribution in [0.5, 0.6) is 5.75 Å². The van der Waals surface area contributed by atoms with Crippen molar-refractivity contribution in [1.82, 2.24) is 10.6 Å². The van der Waals surface area contributed by atoms with Gasteiger partial charge in [-0.05, 0) is 91.2 Å². The molecule has 2 amide bonds. The van der Waals surface area contributed by atoms with E-state index in [9.17, 15) is 19.2 Å². The number of aldehydes is 1. The summed E-state index contributed by atoms with van der Waals surface area (Å²) >= 11 is 2.04. The number of Topliss-reactive ketones (excluding diaryl/α,β-unsaturated/α-hetero) is 1. The number of unbranched alkanes of at least 4 members (excludes halogenated alkanes) is 1. The van der Waals surface area contributed by atoms with E-state index in [-0.39, 0.29) is 35.2 Å². The second kappa shape index (κ2) is 20.3. The molecule has 10 nitrogen and oxygen atoms in total. The Bertz CT molecular complexity index is 1330. The van der Waals surface area contributed by atoms with Crippen LogP contribution in [0.1, 0.15) is 108 Å². The van der Waals surface area contributed by atoms with Crippen LogP contribution >= 0.6 is 11.8 Å². The normalized spacial score (nSPS) is 24.7. The number of ketones is 1. The summed E-state index contributed by atoms with van der Waals surface area (Å²) in [7, 11) is 0. The molecule has 1 saturated heterocycles. The molecular formula is C41H64N2O8S. The molecular weight excluding hydrogens is 681 g/mol. The van der Waals surface area contributed by atoms with Gasteiger partial charge >= 0.3 is 0 Å². The van der Waals surface area contributed by atoms with Gasteiger partial charge in [0, 0.05) is 54.4 Å². The van der Waals surface area contributed by atoms with Gasteiger partial charge in [-0.3, -0.25) is 19.2 Å². The molecule has 4 rings (SSSR count). The van der Waals surface area contributed by atoms with Crippen LogP contribution in [0.2, 0.25) is 0 Å². The van der Waals surface area contributed by atoms with Gasteiger partial charge in [-0.15, -0.1) is 0 Å². The molecule has 0 aromatic heterocycles. The third kappa shape index (κ3) is 11.5. The van der Waals surface area contributed by atoms with Crippen molar-refractivity contribution < 1.29 is 38.1 Å². The van der Waals surface area contributed by atoms with Crippen LogP contribution in [0.4, 0.5) is 0 Å². The molecule has 3 aliphatic rings. The zero-order valence-corrected chi connectivity index (χ0v) is 33.3. The van der Waals surface area contributed by atoms with Crippen LogP contribution in [-0.4, -0.2) is 94.2 Å². The van der Waals surface area contributed by atoms with Crippen LogP contribution < -0.4 is 15.4 Å². The summed E-state index contributed by atoms with van der Waals surface area (Å²) in [4.78, 5) is 49.0. The van der Waals surface area contributed by atoms with E-state index in [0.29, 0.717) is 112 Å². The Morgan fingerprint density at radius 2 is 1.54 bits per heavy atom. The monoisotopic (exact) mass is 744 g/mol. The van der Waals surface area contributed by atoms with Crippen LogP contribution in [0.25, 0.3) is 0 Å². The fourth-order valence-electron chi connectivity index (χ4n) is 7.99. The van der Waals surface area contributed by atoms with Gasteiger partial charge in [0.1, 0.15) is 17.8 Å². The van der Waals surface area contributed by atoms with Crippen LogP contribution in [0.15, 0.2) is 18.2 Å². The lowest BCUT2D eigenvalue weighted by Gasteiger charge is -2.35. The van der Waals surface area contributed by atoms with Crippen molar-refractivity contribution >= 4 is 35.6 Å². The zero-order chi connectivity index (χ0) is 37.7. The van der Waals surface area contributed by atoms with E-state index in [1.807, 2.05) is 31.7 Å². The number of carbonyl (C=O) groups excluding carboxylic acids is 4. The molecule has 1 heterocycles. The molecule has 1 aromatic carbocycles. The number of ether oxygens (including phenoxy) is 4. The third-order valence-corrected chi connectivity index (χ3v) is 13.3. The number of thioether (sulfide) groups is 1. The Morgan fingerprint density at radius 1 is 0.923 bits per heavy atom. The third-order valence-electron chi connectivity index (χ3n) is 11.7. The number of benzene rings is 1. The molecule has 52 heavy (non-hydrogen) atoms. The lowest BCUT2D eigenvalue weighted by atomic mass is 9.67. The van der Waals surface area contributed by atoms with Crippen LogP contribution in [0, 0.1) is 34.5 Å². The highest BCUT2D eigenvalue weighted by Crippen LogP contribution is 2.81. The van der Waals surface area contributed by atoms with Gasteiger partial charge in [-0.2, -0.15) is 11.8 Å². The topological polar surface area (TPSA) is 129 Å². The first kappa shape index (κ1) is 42.3. The highest BCUT2D eigenvalue weighted by Gasteiger charge is 2.81. The summed E-state index contributed by atoms with van der Waals surface area (Å²) in [5, 5.41) is 6.40. The molecule has 1 aliphatic heterocycles. The SMILES string of the molecule is CC(C)c1cc(OCC(=O)NCCCOCCOCCOCCCNC(=O)CCCCC2SCC(C(C)(C)C(=O)C34CC3C4C)C2C)ccc1C=O. The molecule has 6 unspecified atom stereocenters. The smallest absolute Gasteiger partial charge is 0.257 e. The summed E-state index contributed by atoms with van der Waals surface area (Å²) in [5.41, 5.74) is 1.35. The predicted octanol–water partition coefficient (Wildman–Crippen LogP) is 6.24. The lowest BCUT2D eigenvalue weighted by molar-refractivity contribution is -0.134. The van der Waals surface area contributed by atoms with E-state index in [2.05, 4.69) is 38.3 Å². The van der Waals surface area contributed by atoms with Gasteiger partial charge in [0.15, 0.2) is 6.61 Å². The second-order valence-corrected chi connectivity index (χ2v) is 17.1. The van der Waals surface area contributed by atoms with Crippen molar-refractivity contribution in [2.75, 3.05) is 65.1 Å². The first-order valence-electron chi connectivity index (χ1n) is 19.6. The minimum Gasteiger partial charge on any atom is -0.484 e. The molecule has 292 valence electrons. The first-order valence-corrected chi connectivity index (χ1v) is 20.6. The van der Waals surface area contributed by atoms with Crippen molar-refractivity contribution in [2.45, 2.75) is 97.7 Å². The minimum atomic E-state index is -0.233. The number of fused-ring (bicyclic) bond motifs is 1. The largest absolute Gasteiger partial charge is 0.484 e. The summed E-state index contributed by atoms with van der Waals surface area (Å²) in [5.74, 6) is 4.52. The number of hydrogen-bond acceptors (Lipinski definition) is 9. The molecule has 0 spiro atoms. The van der Waals surface area contributed by atoms with E-state index >= 15 is 0 Å². The maximum absolute atomic E-state index is 13.4. The van der Waals surface area contributed by atoms with Crippen molar-refractivity contribution in [3.8, 4) is 5.75 Å². The van der Waals surface area contributed by atoms with E-state index in [1.54, 1.807) is 12.1 Å². The molecule has 2 aliphatic carbocycles. The number of nitrogens with one attached hydrogen (secondary N) is 2. The Kier molecular flexibility index (Phi) is 16.5. The minimum absolute atomic E-state index is 0.0505. The first-order chi connectivity index (χ1) is 24.9. The Labute approximate surface area is 316 Å². The fraction of sp³-hybridized carbons (Fsp3) is 0.756. The van der Waals surface area contributed by atoms with Gasteiger partial charge < -0.3 is 29.6 Å². The average molecular weight is 745 g/mol. The Hall–Kier alpha value is -2.47. The zero-order valence-electron chi connectivity index (χ0n) is 32.5. The summed E-state index contributed by atoms with van der Waals surface area (Å²) in [6.07, 6.45) is 7.02. The van der Waals surface area contributed by atoms with E-state index in [1.165, 1.54) is 0 Å². The molecule has 1 aromatic rings. The van der Waals surface area contributed by atoms with Gasteiger partial charge in [-0.25, -0.2) is 0 Å². The molecule has 3 fully saturated rings. The Balaban J connectivity index is 0.885. The highest BCUT2D eigenvalue weighted by atomic mass is 32.2. The standard InChI is InChI=1S/C41H64N2O8S/c1-28(2)33-23-32(14-13-31(33)25-44)51-26-38(46)43-16-10-18-49-20-22-50-21-19-48-17-9-15-42-37(45)12-8-7-11-36-29(3)35(27-52-36)40(5,6)39(47)41-24-34(41)30(41)4/h13-14,23,25,28-30,34-36H,7-12,15-22,24,26-27H2,1-6H3,(H,42,45)(H,43,46). The average Bonchev–Trinajstić information content (AvgIpc) is 3.97. The van der Waals surface area contributed by atoms with Gasteiger partial charge in [0.2, 0.25) is 5.91 Å². The molecule has 0 bridgehead atoms. The summed E-state index contributed by atoms with van der Waals surface area (Å²) < 4.78 is 22.3. The second-order valence-electron chi connectivity index (χ2n) is 15.9. The summed E-state index contributed by atoms with van der Waals surface area (Å²) in [6, 6.07) is 5.22. The van der Waals surface area contributed by atoms with Crippen molar-refractivity contribution in [2.24, 2.45) is 34.5 Å². The highest BCUT2D eigenvalue weighted by molar-refractivity contribution is 8.00. The van der Waals surface area contributed by atoms with Crippen molar-refractivity contribution in [3.05, 3.63) is 29.3 Å². The maximum Gasteiger partial charge on any atom is 0.257 e. The van der Waals surface area contributed by atoms with Gasteiger partial charge in [0.05, 0.1) is 26.4 Å². The molecule has 0 radical (unpaired) electrons. The Morgan fingerprint density at radius 3 is 2.12 bits per heavy atom. The van der Waals surface area contributed by atoms with E-state index in [0.717, 1.165) is 49.7 Å². The quantitative estimate of drug-likeness (QED) is 0.0795. The predicted molar refractivity (Wildman–Crippen MR) is 205 cm³/mol. The van der Waals surface area contributed by atoms with E-state index < -0.39 is 0 Å². The van der Waals surface area contributed by atoms with Gasteiger partial charge in [0.25, 0.3) is 5.91 Å². The molecule has 2 N–H and O–H groups in total. The fourth-order valence-corrected chi connectivity index (χ4v) is 9.99. The van der Waals surface area contributed by atoms with Crippen molar-refractivity contribution in [1.29, 1.82) is 0 Å². The van der Waals surface area contributed by atoms with Gasteiger partial charge in [-0.1, -0.05) is 48.0 Å². The maximum atomic E-state index is 13.4. The molecule has 11 heteroatoms. The molecule has 6 atom stereocenters. The summed E-state index contributed by atoms with van der Waals surface area (Å²) in [6.45, 7) is 17.0. The number of hydrogen-bond donors (Lipinski definition) is 2. The molecule has 2 saturated carbocycles. The van der Waals surface area contributed by atoms with Crippen LogP contribution in [-0.2, 0) is 28.6 Å². The number of amides is 2. The van der Waals surface area contributed by atoms with Crippen LogP contribution in [0.3, 0.4) is 0 Å². The number of rotatable bonds is 27. The number of carbonyl (C=O) groups is 4. The van der Waals surface area contributed by atoms with Crippen molar-refractivity contribution in [3.63, 3.8) is 0 Å². The lowest BCUT2D eigenvalue weighted by Crippen LogP contribution is -2.40. The van der Waals surface area contributed by atoms with E-state index in [4.69, 9.17) is 18.9 Å².